The molecule has 100 valence electrons. The number of rotatable bonds is 3. The van der Waals surface area contributed by atoms with Crippen LogP contribution in [0.4, 0.5) is 5.69 Å². The smallest absolute Gasteiger partial charge is 0.121 e. The van der Waals surface area contributed by atoms with Gasteiger partial charge in [0.2, 0.25) is 0 Å². The third-order valence-corrected chi connectivity index (χ3v) is 4.14. The average molecular weight is 313 g/mol. The summed E-state index contributed by atoms with van der Waals surface area (Å²) in [5.41, 5.74) is 1.23. The first-order valence-corrected chi connectivity index (χ1v) is 7.35. The summed E-state index contributed by atoms with van der Waals surface area (Å²) in [4.78, 5) is 2.45. The van der Waals surface area contributed by atoms with Crippen molar-refractivity contribution in [3.05, 3.63) is 22.7 Å². The Morgan fingerprint density at radius 2 is 2.33 bits per heavy atom. The van der Waals surface area contributed by atoms with E-state index < -0.39 is 0 Å². The van der Waals surface area contributed by atoms with Crippen molar-refractivity contribution in [1.82, 2.24) is 5.32 Å². The fraction of sp³-hybridized carbons (Fsp3) is 0.571. The van der Waals surface area contributed by atoms with Gasteiger partial charge in [-0.1, -0.05) is 6.92 Å². The number of hydrogen-bond acceptors (Lipinski definition) is 3. The first-order chi connectivity index (χ1) is 8.74. The van der Waals surface area contributed by atoms with Gasteiger partial charge >= 0.3 is 0 Å². The molecule has 0 aliphatic carbocycles. The van der Waals surface area contributed by atoms with Crippen LogP contribution in [0.3, 0.4) is 0 Å². The molecule has 1 N–H and O–H groups in total. The first kappa shape index (κ1) is 13.7. The zero-order valence-electron chi connectivity index (χ0n) is 11.1. The van der Waals surface area contributed by atoms with Gasteiger partial charge in [-0.2, -0.15) is 0 Å². The second kappa shape index (κ2) is 6.43. The van der Waals surface area contributed by atoms with E-state index in [4.69, 9.17) is 4.74 Å². The van der Waals surface area contributed by atoms with Crippen LogP contribution in [-0.4, -0.2) is 32.8 Å². The van der Waals surface area contributed by atoms with Gasteiger partial charge in [0, 0.05) is 29.7 Å². The van der Waals surface area contributed by atoms with Gasteiger partial charge in [-0.15, -0.1) is 0 Å². The molecule has 1 unspecified atom stereocenters. The molecule has 1 aliphatic heterocycles. The molecule has 1 aliphatic rings. The Balaban J connectivity index is 2.22. The van der Waals surface area contributed by atoms with Crippen LogP contribution in [0.5, 0.6) is 5.75 Å². The normalized spacial score (nSPS) is 20.6. The Kier molecular flexibility index (Phi) is 4.89. The van der Waals surface area contributed by atoms with Crippen molar-refractivity contribution in [3.63, 3.8) is 0 Å². The van der Waals surface area contributed by atoms with Crippen molar-refractivity contribution in [2.75, 3.05) is 31.6 Å². The van der Waals surface area contributed by atoms with Gasteiger partial charge < -0.3 is 15.0 Å². The molecule has 1 fully saturated rings. The molecule has 1 aromatic carbocycles. The van der Waals surface area contributed by atoms with Gasteiger partial charge in [-0.25, -0.2) is 0 Å². The number of anilines is 1. The molecular weight excluding hydrogens is 292 g/mol. The first-order valence-electron chi connectivity index (χ1n) is 6.56. The largest absolute Gasteiger partial charge is 0.497 e. The van der Waals surface area contributed by atoms with Crippen LogP contribution < -0.4 is 15.0 Å². The molecule has 1 saturated heterocycles. The molecule has 0 amide bonds. The van der Waals surface area contributed by atoms with Gasteiger partial charge in [0.25, 0.3) is 0 Å². The quantitative estimate of drug-likeness (QED) is 0.928. The minimum absolute atomic E-state index is 0.575. The monoisotopic (exact) mass is 312 g/mol. The third-order valence-electron chi connectivity index (χ3n) is 3.47. The highest BCUT2D eigenvalue weighted by molar-refractivity contribution is 9.10. The molecule has 1 aromatic rings. The molecule has 1 atom stereocenters. The summed E-state index contributed by atoms with van der Waals surface area (Å²) >= 11 is 3.64. The van der Waals surface area contributed by atoms with Crippen molar-refractivity contribution >= 4 is 21.6 Å². The molecular formula is C14H21BrN2O. The minimum atomic E-state index is 0.575. The maximum absolute atomic E-state index is 5.32. The lowest BCUT2D eigenvalue weighted by molar-refractivity contribution is 0.414. The van der Waals surface area contributed by atoms with Gasteiger partial charge in [-0.05, 0) is 47.4 Å². The van der Waals surface area contributed by atoms with Crippen LogP contribution in [0, 0.1) is 0 Å². The summed E-state index contributed by atoms with van der Waals surface area (Å²) in [6.07, 6.45) is 2.35. The molecule has 0 bridgehead atoms. The fourth-order valence-electron chi connectivity index (χ4n) is 2.35. The second-order valence-electron chi connectivity index (χ2n) is 4.68. The maximum Gasteiger partial charge on any atom is 0.121 e. The van der Waals surface area contributed by atoms with Crippen molar-refractivity contribution < 1.29 is 4.74 Å². The van der Waals surface area contributed by atoms with Crippen LogP contribution in [0.15, 0.2) is 22.7 Å². The number of halogens is 1. The van der Waals surface area contributed by atoms with Gasteiger partial charge in [-0.3, -0.25) is 0 Å². The lowest BCUT2D eigenvalue weighted by Crippen LogP contribution is -2.37. The highest BCUT2D eigenvalue weighted by Crippen LogP contribution is 2.31. The van der Waals surface area contributed by atoms with Crippen LogP contribution in [0.1, 0.15) is 19.8 Å². The number of benzene rings is 1. The lowest BCUT2D eigenvalue weighted by atomic mass is 10.2. The molecule has 0 saturated carbocycles. The molecule has 0 spiro atoms. The third kappa shape index (κ3) is 3.18. The van der Waals surface area contributed by atoms with Crippen molar-refractivity contribution in [3.8, 4) is 5.75 Å². The number of nitrogens with one attached hydrogen (secondary N) is 1. The Labute approximate surface area is 118 Å². The zero-order chi connectivity index (χ0) is 13.0. The van der Waals surface area contributed by atoms with E-state index in [1.54, 1.807) is 7.11 Å². The zero-order valence-corrected chi connectivity index (χ0v) is 12.7. The highest BCUT2D eigenvalue weighted by Gasteiger charge is 2.18. The van der Waals surface area contributed by atoms with E-state index in [-0.39, 0.29) is 0 Å². The molecule has 0 radical (unpaired) electrons. The maximum atomic E-state index is 5.32. The van der Waals surface area contributed by atoms with E-state index >= 15 is 0 Å². The predicted molar refractivity (Wildman–Crippen MR) is 79.6 cm³/mol. The highest BCUT2D eigenvalue weighted by atomic mass is 79.9. The number of nitrogens with zero attached hydrogens (tertiary/aromatic N) is 1. The van der Waals surface area contributed by atoms with E-state index in [0.717, 1.165) is 36.3 Å². The van der Waals surface area contributed by atoms with Crippen LogP contribution in [-0.2, 0) is 0 Å². The molecule has 18 heavy (non-hydrogen) atoms. The van der Waals surface area contributed by atoms with E-state index in [1.165, 1.54) is 12.1 Å². The van der Waals surface area contributed by atoms with Crippen molar-refractivity contribution in [1.29, 1.82) is 0 Å². The van der Waals surface area contributed by atoms with Gasteiger partial charge in [0.05, 0.1) is 12.8 Å². The fourth-order valence-corrected chi connectivity index (χ4v) is 2.85. The van der Waals surface area contributed by atoms with Gasteiger partial charge in [0.15, 0.2) is 0 Å². The van der Waals surface area contributed by atoms with E-state index in [1.807, 2.05) is 6.07 Å². The van der Waals surface area contributed by atoms with Crippen molar-refractivity contribution in [2.45, 2.75) is 25.8 Å². The Bertz CT molecular complexity index is 397. The second-order valence-corrected chi connectivity index (χ2v) is 5.53. The molecule has 1 heterocycles. The predicted octanol–water partition coefficient (Wildman–Crippen LogP) is 3.04. The summed E-state index contributed by atoms with van der Waals surface area (Å²) in [6.45, 7) is 5.50. The van der Waals surface area contributed by atoms with Crippen LogP contribution in [0.25, 0.3) is 0 Å². The topological polar surface area (TPSA) is 24.5 Å². The summed E-state index contributed by atoms with van der Waals surface area (Å²) in [5.74, 6) is 0.915. The van der Waals surface area contributed by atoms with Crippen LogP contribution in [0.2, 0.25) is 0 Å². The number of hydrogen-bond donors (Lipinski definition) is 1. The summed E-state index contributed by atoms with van der Waals surface area (Å²) in [6, 6.07) is 6.74. The summed E-state index contributed by atoms with van der Waals surface area (Å²) < 4.78 is 6.46. The number of ether oxygens (including phenoxy) is 1. The summed E-state index contributed by atoms with van der Waals surface area (Å²) in [5, 5.41) is 3.59. The van der Waals surface area contributed by atoms with Crippen molar-refractivity contribution in [2.24, 2.45) is 0 Å². The van der Waals surface area contributed by atoms with E-state index in [9.17, 15) is 0 Å². The standard InChI is InChI=1S/C14H21BrN2O/c1-3-11-10-17(8-4-7-16-11)14-9-12(18-2)5-6-13(14)15/h5-6,9,11,16H,3-4,7-8,10H2,1-2H3. The van der Waals surface area contributed by atoms with E-state index in [2.05, 4.69) is 45.2 Å². The Hall–Kier alpha value is -0.740. The minimum Gasteiger partial charge on any atom is -0.497 e. The Morgan fingerprint density at radius 3 is 3.06 bits per heavy atom. The summed E-state index contributed by atoms with van der Waals surface area (Å²) in [7, 11) is 1.71. The van der Waals surface area contributed by atoms with Crippen LogP contribution >= 0.6 is 15.9 Å². The van der Waals surface area contributed by atoms with Gasteiger partial charge in [0.1, 0.15) is 5.75 Å². The Morgan fingerprint density at radius 1 is 1.50 bits per heavy atom. The molecule has 4 heteroatoms. The molecule has 3 nitrogen and oxygen atoms in total. The average Bonchev–Trinajstić information content (AvgIpc) is 2.64. The molecule has 0 aromatic heterocycles. The lowest BCUT2D eigenvalue weighted by Gasteiger charge is -2.27. The van der Waals surface area contributed by atoms with E-state index in [0.29, 0.717) is 6.04 Å². The molecule has 2 rings (SSSR count). The number of methoxy groups -OCH3 is 1. The SMILES string of the molecule is CCC1CN(c2cc(OC)ccc2Br)CCCN1.